The molecule has 0 unspecified atom stereocenters. The summed E-state index contributed by atoms with van der Waals surface area (Å²) in [6, 6.07) is 5.53. The molecule has 1 saturated heterocycles. The van der Waals surface area contributed by atoms with Gasteiger partial charge in [-0.3, -0.25) is 9.69 Å². The molecule has 0 spiro atoms. The lowest BCUT2D eigenvalue weighted by Crippen LogP contribution is -2.49. The van der Waals surface area contributed by atoms with Crippen molar-refractivity contribution in [2.75, 3.05) is 39.3 Å². The molecule has 118 valence electrons. The Labute approximate surface area is 134 Å². The van der Waals surface area contributed by atoms with Crippen molar-refractivity contribution in [2.24, 2.45) is 0 Å². The van der Waals surface area contributed by atoms with Crippen molar-refractivity contribution in [3.8, 4) is 0 Å². The molecule has 22 heavy (non-hydrogen) atoms. The highest BCUT2D eigenvalue weighted by molar-refractivity contribution is 6.35. The predicted octanol–water partition coefficient (Wildman–Crippen LogP) is 2.14. The normalized spacial score (nSPS) is 16.4. The summed E-state index contributed by atoms with van der Waals surface area (Å²) in [4.78, 5) is 16.6. The van der Waals surface area contributed by atoms with E-state index in [9.17, 15) is 4.79 Å². The first kappa shape index (κ1) is 15.3. The van der Waals surface area contributed by atoms with Crippen molar-refractivity contribution in [3.63, 3.8) is 0 Å². The van der Waals surface area contributed by atoms with Crippen LogP contribution in [0.4, 0.5) is 0 Å². The number of aliphatic hydroxyl groups excluding tert-OH is 1. The average Bonchev–Trinajstić information content (AvgIpc) is 2.87. The van der Waals surface area contributed by atoms with Crippen LogP contribution in [0, 0.1) is 6.92 Å². The van der Waals surface area contributed by atoms with Crippen molar-refractivity contribution < 1.29 is 14.3 Å². The van der Waals surface area contributed by atoms with Gasteiger partial charge in [-0.25, -0.2) is 0 Å². The SMILES string of the molecule is Cc1c(C(=O)N2CCN(CCO)CC2)oc2c(Cl)cccc12. The molecule has 3 rings (SSSR count). The van der Waals surface area contributed by atoms with Gasteiger partial charge in [0.15, 0.2) is 11.3 Å². The van der Waals surface area contributed by atoms with Crippen LogP contribution >= 0.6 is 11.6 Å². The quantitative estimate of drug-likeness (QED) is 0.940. The Morgan fingerprint density at radius 1 is 1.32 bits per heavy atom. The monoisotopic (exact) mass is 322 g/mol. The van der Waals surface area contributed by atoms with Gasteiger partial charge in [-0.15, -0.1) is 0 Å². The first-order chi connectivity index (χ1) is 10.6. The van der Waals surface area contributed by atoms with Crippen molar-refractivity contribution in [2.45, 2.75) is 6.92 Å². The predicted molar refractivity (Wildman–Crippen MR) is 85.4 cm³/mol. The fraction of sp³-hybridized carbons (Fsp3) is 0.438. The molecule has 1 aliphatic rings. The van der Waals surface area contributed by atoms with Gasteiger partial charge in [0, 0.05) is 43.7 Å². The van der Waals surface area contributed by atoms with E-state index in [2.05, 4.69) is 4.90 Å². The Balaban J connectivity index is 1.81. The van der Waals surface area contributed by atoms with Crippen LogP contribution in [0.5, 0.6) is 0 Å². The van der Waals surface area contributed by atoms with Crippen molar-refractivity contribution in [1.29, 1.82) is 0 Å². The molecule has 2 aromatic rings. The second-order valence-electron chi connectivity index (χ2n) is 5.53. The topological polar surface area (TPSA) is 56.9 Å². The number of aryl methyl sites for hydroxylation is 1. The molecule has 1 N–H and O–H groups in total. The van der Waals surface area contributed by atoms with Gasteiger partial charge >= 0.3 is 0 Å². The average molecular weight is 323 g/mol. The summed E-state index contributed by atoms with van der Waals surface area (Å²) in [6.45, 7) is 5.51. The minimum Gasteiger partial charge on any atom is -0.449 e. The minimum absolute atomic E-state index is 0.0894. The van der Waals surface area contributed by atoms with E-state index in [1.165, 1.54) is 0 Å². The number of furan rings is 1. The zero-order chi connectivity index (χ0) is 15.7. The third-order valence-corrected chi connectivity index (χ3v) is 4.48. The van der Waals surface area contributed by atoms with Crippen molar-refractivity contribution in [1.82, 2.24) is 9.80 Å². The lowest BCUT2D eigenvalue weighted by molar-refractivity contribution is 0.0586. The Bertz CT molecular complexity index is 690. The molecule has 0 aliphatic carbocycles. The van der Waals surface area contributed by atoms with Crippen LogP contribution < -0.4 is 0 Å². The second kappa shape index (κ2) is 6.28. The molecule has 0 saturated carbocycles. The van der Waals surface area contributed by atoms with E-state index < -0.39 is 0 Å². The number of nitrogens with zero attached hydrogens (tertiary/aromatic N) is 2. The number of carbonyl (C=O) groups is 1. The lowest BCUT2D eigenvalue weighted by atomic mass is 10.1. The van der Waals surface area contributed by atoms with Crippen LogP contribution in [0.15, 0.2) is 22.6 Å². The zero-order valence-corrected chi connectivity index (χ0v) is 13.3. The Kier molecular flexibility index (Phi) is 4.38. The molecule has 1 amide bonds. The smallest absolute Gasteiger partial charge is 0.289 e. The molecular weight excluding hydrogens is 304 g/mol. The van der Waals surface area contributed by atoms with Gasteiger partial charge in [0.2, 0.25) is 0 Å². The standard InChI is InChI=1S/C16H19ClN2O3/c1-11-12-3-2-4-13(17)15(12)22-14(11)16(21)19-7-5-18(6-8-19)9-10-20/h2-4,20H,5-10H2,1H3. The number of aliphatic hydroxyl groups is 1. The van der Waals surface area contributed by atoms with Crippen LogP contribution in [-0.2, 0) is 0 Å². The minimum atomic E-state index is -0.0894. The number of fused-ring (bicyclic) bond motifs is 1. The maximum Gasteiger partial charge on any atom is 0.289 e. The van der Waals surface area contributed by atoms with Crippen LogP contribution in [0.1, 0.15) is 16.1 Å². The summed E-state index contributed by atoms with van der Waals surface area (Å²) in [5.41, 5.74) is 1.41. The Morgan fingerprint density at radius 2 is 2.05 bits per heavy atom. The Hall–Kier alpha value is -1.56. The fourth-order valence-corrected chi connectivity index (χ4v) is 3.09. The molecule has 1 fully saturated rings. The van der Waals surface area contributed by atoms with Gasteiger partial charge < -0.3 is 14.4 Å². The number of halogens is 1. The summed E-state index contributed by atoms with van der Waals surface area (Å²) < 4.78 is 5.74. The van der Waals surface area contributed by atoms with Crippen LogP contribution in [-0.4, -0.2) is 60.1 Å². The maximum absolute atomic E-state index is 12.7. The number of para-hydroxylation sites is 1. The van der Waals surface area contributed by atoms with E-state index in [0.29, 0.717) is 36.0 Å². The highest BCUT2D eigenvalue weighted by Gasteiger charge is 2.26. The van der Waals surface area contributed by atoms with E-state index in [4.69, 9.17) is 21.1 Å². The molecule has 5 nitrogen and oxygen atoms in total. The van der Waals surface area contributed by atoms with Gasteiger partial charge in [0.1, 0.15) is 0 Å². The zero-order valence-electron chi connectivity index (χ0n) is 12.5. The van der Waals surface area contributed by atoms with E-state index in [0.717, 1.165) is 24.0 Å². The number of hydrogen-bond acceptors (Lipinski definition) is 4. The van der Waals surface area contributed by atoms with Gasteiger partial charge in [-0.05, 0) is 13.0 Å². The molecule has 6 heteroatoms. The van der Waals surface area contributed by atoms with Gasteiger partial charge in [0.25, 0.3) is 5.91 Å². The fourth-order valence-electron chi connectivity index (χ4n) is 2.87. The summed E-state index contributed by atoms with van der Waals surface area (Å²) in [5.74, 6) is 0.284. The molecule has 1 aromatic heterocycles. The number of carbonyl (C=O) groups excluding carboxylic acids is 1. The summed E-state index contributed by atoms with van der Waals surface area (Å²) >= 11 is 6.14. The number of piperazine rings is 1. The number of hydrogen-bond donors (Lipinski definition) is 1. The number of benzene rings is 1. The molecule has 0 bridgehead atoms. The second-order valence-corrected chi connectivity index (χ2v) is 5.94. The summed E-state index contributed by atoms with van der Waals surface area (Å²) in [7, 11) is 0. The van der Waals surface area contributed by atoms with Gasteiger partial charge in [0.05, 0.1) is 11.6 Å². The summed E-state index contributed by atoms with van der Waals surface area (Å²) in [5, 5.41) is 10.4. The number of β-amino-alcohol motifs (C(OH)–C–C–N with tert-alkyl or cyclic N) is 1. The number of amides is 1. The van der Waals surface area contributed by atoms with Crippen molar-refractivity contribution in [3.05, 3.63) is 34.5 Å². The third kappa shape index (κ3) is 2.72. The molecule has 0 atom stereocenters. The number of rotatable bonds is 3. The Morgan fingerprint density at radius 3 is 2.68 bits per heavy atom. The van der Waals surface area contributed by atoms with Crippen molar-refractivity contribution >= 4 is 28.5 Å². The molecule has 1 aromatic carbocycles. The summed E-state index contributed by atoms with van der Waals surface area (Å²) in [6.07, 6.45) is 0. The molecule has 0 radical (unpaired) electrons. The van der Waals surface area contributed by atoms with E-state index in [1.54, 1.807) is 11.0 Å². The molecule has 1 aliphatic heterocycles. The van der Waals surface area contributed by atoms with E-state index >= 15 is 0 Å². The first-order valence-electron chi connectivity index (χ1n) is 7.42. The van der Waals surface area contributed by atoms with Crippen LogP contribution in [0.3, 0.4) is 0 Å². The van der Waals surface area contributed by atoms with Crippen LogP contribution in [0.2, 0.25) is 5.02 Å². The van der Waals surface area contributed by atoms with E-state index in [1.807, 2.05) is 19.1 Å². The van der Waals surface area contributed by atoms with Crippen LogP contribution in [0.25, 0.3) is 11.0 Å². The van der Waals surface area contributed by atoms with Gasteiger partial charge in [-0.1, -0.05) is 23.7 Å². The molecule has 2 heterocycles. The third-order valence-electron chi connectivity index (χ3n) is 4.19. The largest absolute Gasteiger partial charge is 0.449 e. The highest BCUT2D eigenvalue weighted by atomic mass is 35.5. The lowest BCUT2D eigenvalue weighted by Gasteiger charge is -2.33. The maximum atomic E-state index is 12.7. The molecular formula is C16H19ClN2O3. The highest BCUT2D eigenvalue weighted by Crippen LogP contribution is 2.31. The first-order valence-corrected chi connectivity index (χ1v) is 7.79. The van der Waals surface area contributed by atoms with E-state index in [-0.39, 0.29) is 12.5 Å². The van der Waals surface area contributed by atoms with Gasteiger partial charge in [-0.2, -0.15) is 0 Å².